The number of anilines is 3. The zero-order valence-corrected chi connectivity index (χ0v) is 25.8. The number of benzene rings is 1. The summed E-state index contributed by atoms with van der Waals surface area (Å²) >= 11 is 0. The SMILES string of the molecule is Cc1nc(-c2cc(Cc3ccc(S(C)(=O)=O)cc3)cnc2Nc2ccc(N)nc2)c2[nH]cnc2n1.O=C(O)C(F)(F)F.O=C(O)C(F)(F)F. The number of nitrogens with one attached hydrogen (secondary N) is 2. The number of fused-ring (bicyclic) bond motifs is 1. The van der Waals surface area contributed by atoms with E-state index in [-0.39, 0.29) is 4.90 Å². The summed E-state index contributed by atoms with van der Waals surface area (Å²) in [6, 6.07) is 12.4. The number of nitrogens with two attached hydrogens (primary N) is 1. The predicted molar refractivity (Wildman–Crippen MR) is 161 cm³/mol. The van der Waals surface area contributed by atoms with Crippen molar-refractivity contribution in [1.82, 2.24) is 29.9 Å². The third-order valence-corrected chi connectivity index (χ3v) is 7.02. The van der Waals surface area contributed by atoms with Gasteiger partial charge in [0.05, 0.1) is 23.1 Å². The smallest absolute Gasteiger partial charge is 0.475 e. The lowest BCUT2D eigenvalue weighted by molar-refractivity contribution is -0.193. The van der Waals surface area contributed by atoms with Crippen LogP contribution in [0.2, 0.25) is 0 Å². The van der Waals surface area contributed by atoms with Crippen LogP contribution in [0.1, 0.15) is 17.0 Å². The van der Waals surface area contributed by atoms with Crippen molar-refractivity contribution in [3.05, 3.63) is 78.1 Å². The number of nitrogens with zero attached hydrogens (tertiary/aromatic N) is 5. The van der Waals surface area contributed by atoms with E-state index in [1.165, 1.54) is 6.26 Å². The van der Waals surface area contributed by atoms with E-state index in [9.17, 15) is 34.8 Å². The second kappa shape index (κ2) is 14.9. The third-order valence-electron chi connectivity index (χ3n) is 5.89. The average Bonchev–Trinajstić information content (AvgIpc) is 3.47. The fraction of sp³-hybridized carbons (Fsp3) is 0.179. The van der Waals surface area contributed by atoms with E-state index in [0.29, 0.717) is 40.7 Å². The summed E-state index contributed by atoms with van der Waals surface area (Å²) in [6.07, 6.45) is -3.42. The molecule has 260 valence electrons. The first-order valence-corrected chi connectivity index (χ1v) is 15.1. The van der Waals surface area contributed by atoms with Crippen molar-refractivity contribution in [2.75, 3.05) is 17.3 Å². The Kier molecular flexibility index (Phi) is 11.4. The number of aliphatic carboxylic acids is 2. The topological polar surface area (TPSA) is 227 Å². The molecule has 14 nitrogen and oxygen atoms in total. The van der Waals surface area contributed by atoms with Gasteiger partial charge in [0.25, 0.3) is 0 Å². The molecule has 0 saturated carbocycles. The predicted octanol–water partition coefficient (Wildman–Crippen LogP) is 4.71. The first-order valence-electron chi connectivity index (χ1n) is 13.2. The summed E-state index contributed by atoms with van der Waals surface area (Å²) < 4.78 is 87.0. The number of aryl methyl sites for hydroxylation is 1. The number of aromatic amines is 1. The molecule has 4 heterocycles. The molecule has 6 N–H and O–H groups in total. The number of aromatic nitrogens is 6. The van der Waals surface area contributed by atoms with Gasteiger partial charge in [-0.3, -0.25) is 0 Å². The Morgan fingerprint density at radius 1 is 0.878 bits per heavy atom. The molecule has 0 aliphatic carbocycles. The molecule has 1 aromatic carbocycles. The van der Waals surface area contributed by atoms with Crippen molar-refractivity contribution in [2.24, 2.45) is 0 Å². The van der Waals surface area contributed by atoms with Gasteiger partial charge in [-0.2, -0.15) is 26.3 Å². The van der Waals surface area contributed by atoms with Gasteiger partial charge < -0.3 is 26.2 Å². The molecule has 0 fully saturated rings. The monoisotopic (exact) mass is 714 g/mol. The van der Waals surface area contributed by atoms with E-state index in [1.54, 1.807) is 36.9 Å². The Balaban J connectivity index is 0.000000392. The lowest BCUT2D eigenvalue weighted by Crippen LogP contribution is -2.21. The average molecular weight is 715 g/mol. The summed E-state index contributed by atoms with van der Waals surface area (Å²) in [5.74, 6) is -3.92. The maximum Gasteiger partial charge on any atom is 0.490 e. The van der Waals surface area contributed by atoms with Gasteiger partial charge in [-0.1, -0.05) is 12.1 Å². The number of sulfone groups is 1. The summed E-state index contributed by atoms with van der Waals surface area (Å²) in [5, 5.41) is 17.5. The van der Waals surface area contributed by atoms with E-state index in [0.717, 1.165) is 22.4 Å². The van der Waals surface area contributed by atoms with Crippen LogP contribution in [0, 0.1) is 6.92 Å². The maximum atomic E-state index is 11.8. The third kappa shape index (κ3) is 10.8. The molecule has 21 heteroatoms. The quantitative estimate of drug-likeness (QED) is 0.150. The van der Waals surface area contributed by atoms with Crippen LogP contribution in [-0.2, 0) is 25.8 Å². The number of hydrogen-bond acceptors (Lipinski definition) is 11. The lowest BCUT2D eigenvalue weighted by atomic mass is 10.0. The molecular formula is C28H24F6N8O6S. The van der Waals surface area contributed by atoms with Crippen LogP contribution in [0.15, 0.2) is 66.1 Å². The summed E-state index contributed by atoms with van der Waals surface area (Å²) in [4.78, 5) is 43.4. The number of carboxylic acid groups (broad SMARTS) is 2. The van der Waals surface area contributed by atoms with Gasteiger partial charge in [-0.05, 0) is 54.8 Å². The van der Waals surface area contributed by atoms with Crippen molar-refractivity contribution in [1.29, 1.82) is 0 Å². The minimum atomic E-state index is -5.08. The van der Waals surface area contributed by atoms with Crippen LogP contribution >= 0.6 is 0 Å². The highest BCUT2D eigenvalue weighted by Crippen LogP contribution is 2.32. The van der Waals surface area contributed by atoms with Crippen molar-refractivity contribution < 1.29 is 54.6 Å². The highest BCUT2D eigenvalue weighted by atomic mass is 32.2. The van der Waals surface area contributed by atoms with Crippen LogP contribution in [0.5, 0.6) is 0 Å². The highest BCUT2D eigenvalue weighted by molar-refractivity contribution is 7.90. The second-order valence-electron chi connectivity index (χ2n) is 9.76. The van der Waals surface area contributed by atoms with E-state index in [4.69, 9.17) is 25.5 Å². The van der Waals surface area contributed by atoms with Gasteiger partial charge in [0.15, 0.2) is 15.5 Å². The van der Waals surface area contributed by atoms with Crippen molar-refractivity contribution in [3.63, 3.8) is 0 Å². The van der Waals surface area contributed by atoms with Crippen molar-refractivity contribution >= 4 is 50.3 Å². The zero-order chi connectivity index (χ0) is 36.7. The number of rotatable bonds is 6. The number of H-pyrrole nitrogens is 1. The van der Waals surface area contributed by atoms with Crippen molar-refractivity contribution in [2.45, 2.75) is 30.6 Å². The molecule has 0 aliphatic heterocycles. The van der Waals surface area contributed by atoms with Gasteiger partial charge in [0.1, 0.15) is 28.7 Å². The molecule has 5 rings (SSSR count). The first-order chi connectivity index (χ1) is 22.6. The Morgan fingerprint density at radius 3 is 1.98 bits per heavy atom. The largest absolute Gasteiger partial charge is 0.490 e. The van der Waals surface area contributed by atoms with Gasteiger partial charge in [-0.25, -0.2) is 42.9 Å². The minimum Gasteiger partial charge on any atom is -0.475 e. The molecule has 0 radical (unpaired) electrons. The Bertz CT molecular complexity index is 2030. The van der Waals surface area contributed by atoms with Crippen LogP contribution in [0.4, 0.5) is 43.7 Å². The van der Waals surface area contributed by atoms with Crippen LogP contribution in [-0.4, -0.2) is 79.1 Å². The van der Waals surface area contributed by atoms with E-state index >= 15 is 0 Å². The number of carbonyl (C=O) groups is 2. The minimum absolute atomic E-state index is 0.287. The summed E-state index contributed by atoms with van der Waals surface area (Å²) in [5.41, 5.74) is 11.0. The molecule has 0 unspecified atom stereocenters. The Hall–Kier alpha value is -5.86. The standard InChI is InChI=1S/C24H22N8O2S.2C2HF3O2/c1-14-30-21(22-24(31-14)29-13-28-22)19-10-16(9-15-3-6-18(7-4-15)35(2,33)34)11-27-23(19)32-17-5-8-20(25)26-12-17;2*3-2(4,5)1(6)7/h3-8,10-13H,9H2,1-2H3,(H2,25,26)(H,27,32)(H,28,29,30,31);2*(H,6,7). The number of alkyl halides is 6. The van der Waals surface area contributed by atoms with Crippen molar-refractivity contribution in [3.8, 4) is 11.3 Å². The first kappa shape index (κ1) is 37.6. The maximum absolute atomic E-state index is 11.8. The molecular weight excluding hydrogens is 690 g/mol. The van der Waals surface area contributed by atoms with E-state index in [1.807, 2.05) is 31.2 Å². The molecule has 0 aliphatic rings. The molecule has 0 amide bonds. The summed E-state index contributed by atoms with van der Waals surface area (Å²) in [7, 11) is -3.25. The van der Waals surface area contributed by atoms with Crippen LogP contribution in [0.3, 0.4) is 0 Å². The lowest BCUT2D eigenvalue weighted by Gasteiger charge is -2.14. The molecule has 5 aromatic rings. The fourth-order valence-electron chi connectivity index (χ4n) is 3.73. The van der Waals surface area contributed by atoms with E-state index < -0.39 is 34.1 Å². The summed E-state index contributed by atoms with van der Waals surface area (Å²) in [6.45, 7) is 1.81. The number of halogens is 6. The zero-order valence-electron chi connectivity index (χ0n) is 25.0. The number of pyridine rings is 2. The molecule has 0 bridgehead atoms. The van der Waals surface area contributed by atoms with Crippen LogP contribution < -0.4 is 11.1 Å². The number of nitrogen functional groups attached to an aromatic ring is 1. The molecule has 0 spiro atoms. The molecule has 0 saturated heterocycles. The Morgan fingerprint density at radius 2 is 1.47 bits per heavy atom. The fourth-order valence-corrected chi connectivity index (χ4v) is 4.36. The van der Waals surface area contributed by atoms with Crippen LogP contribution in [0.25, 0.3) is 22.4 Å². The van der Waals surface area contributed by atoms with E-state index in [2.05, 4.69) is 35.2 Å². The number of imidazole rings is 1. The van der Waals surface area contributed by atoms with Gasteiger partial charge in [0.2, 0.25) is 0 Å². The second-order valence-corrected chi connectivity index (χ2v) is 11.8. The Labute approximate surface area is 272 Å². The number of hydrogen-bond donors (Lipinski definition) is 5. The normalized spacial score (nSPS) is 11.5. The highest BCUT2D eigenvalue weighted by Gasteiger charge is 2.38. The molecule has 4 aromatic heterocycles. The molecule has 0 atom stereocenters. The van der Waals surface area contributed by atoms with Gasteiger partial charge >= 0.3 is 24.3 Å². The molecule has 49 heavy (non-hydrogen) atoms. The van der Waals surface area contributed by atoms with Gasteiger partial charge in [-0.15, -0.1) is 0 Å². The van der Waals surface area contributed by atoms with Gasteiger partial charge in [0, 0.05) is 18.0 Å². The number of carboxylic acids is 2.